The average molecular weight is 153 g/mol. The minimum atomic E-state index is 0.882. The normalized spacial score (nSPS) is 45.8. The maximum atomic E-state index is 2.72. The summed E-state index contributed by atoms with van der Waals surface area (Å²) in [7, 11) is 0. The summed E-state index contributed by atoms with van der Waals surface area (Å²) in [5.41, 5.74) is 0. The van der Waals surface area contributed by atoms with Gasteiger partial charge in [0.05, 0.1) is 0 Å². The standard InChI is InChI=1S/C10H19N/c1-8-5-6-11-9(2)3-4-10(11)7-8/h8-10H,3-7H2,1-2H3. The van der Waals surface area contributed by atoms with E-state index in [0.717, 1.165) is 18.0 Å². The van der Waals surface area contributed by atoms with Crippen molar-refractivity contribution < 1.29 is 0 Å². The fourth-order valence-electron chi connectivity index (χ4n) is 2.73. The quantitative estimate of drug-likeness (QED) is 0.516. The van der Waals surface area contributed by atoms with Crippen LogP contribution < -0.4 is 0 Å². The van der Waals surface area contributed by atoms with Crippen molar-refractivity contribution in [2.45, 2.75) is 51.6 Å². The Morgan fingerprint density at radius 3 is 2.73 bits per heavy atom. The van der Waals surface area contributed by atoms with Gasteiger partial charge >= 0.3 is 0 Å². The second-order valence-electron chi connectivity index (χ2n) is 4.45. The van der Waals surface area contributed by atoms with Crippen molar-refractivity contribution in [3.8, 4) is 0 Å². The number of nitrogens with zero attached hydrogens (tertiary/aromatic N) is 1. The highest BCUT2D eigenvalue weighted by Gasteiger charge is 2.34. The summed E-state index contributed by atoms with van der Waals surface area (Å²) in [5.74, 6) is 0.988. The minimum absolute atomic E-state index is 0.882. The van der Waals surface area contributed by atoms with Crippen LogP contribution in [0.1, 0.15) is 39.5 Å². The highest BCUT2D eigenvalue weighted by Crippen LogP contribution is 2.33. The Bertz CT molecular complexity index is 144. The van der Waals surface area contributed by atoms with Gasteiger partial charge in [-0.3, -0.25) is 4.90 Å². The summed E-state index contributed by atoms with van der Waals surface area (Å²) in [5, 5.41) is 0. The van der Waals surface area contributed by atoms with Crippen molar-refractivity contribution in [2.75, 3.05) is 6.54 Å². The molecule has 2 rings (SSSR count). The minimum Gasteiger partial charge on any atom is -0.298 e. The summed E-state index contributed by atoms with van der Waals surface area (Å²) < 4.78 is 0. The molecule has 1 nitrogen and oxygen atoms in total. The molecule has 2 heterocycles. The zero-order valence-corrected chi connectivity index (χ0v) is 7.71. The lowest BCUT2D eigenvalue weighted by Gasteiger charge is -2.35. The molecule has 11 heavy (non-hydrogen) atoms. The van der Waals surface area contributed by atoms with Gasteiger partial charge in [0.2, 0.25) is 0 Å². The van der Waals surface area contributed by atoms with E-state index in [9.17, 15) is 0 Å². The Kier molecular flexibility index (Phi) is 1.92. The Hall–Kier alpha value is -0.0400. The maximum Gasteiger partial charge on any atom is 0.0101 e. The first-order chi connectivity index (χ1) is 5.27. The van der Waals surface area contributed by atoms with E-state index >= 15 is 0 Å². The maximum absolute atomic E-state index is 2.72. The molecule has 0 aliphatic carbocycles. The van der Waals surface area contributed by atoms with E-state index in [2.05, 4.69) is 18.7 Å². The molecule has 0 N–H and O–H groups in total. The SMILES string of the molecule is CC1CCN2C(C)CCC2C1. The predicted octanol–water partition coefficient (Wildman–Crippen LogP) is 2.27. The van der Waals surface area contributed by atoms with Crippen LogP contribution >= 0.6 is 0 Å². The molecule has 3 atom stereocenters. The Morgan fingerprint density at radius 2 is 1.91 bits per heavy atom. The first kappa shape index (κ1) is 7.60. The zero-order valence-electron chi connectivity index (χ0n) is 7.71. The number of rotatable bonds is 0. The van der Waals surface area contributed by atoms with Gasteiger partial charge in [-0.25, -0.2) is 0 Å². The molecule has 0 saturated carbocycles. The van der Waals surface area contributed by atoms with Crippen molar-refractivity contribution >= 4 is 0 Å². The monoisotopic (exact) mass is 153 g/mol. The topological polar surface area (TPSA) is 3.24 Å². The van der Waals surface area contributed by atoms with Crippen LogP contribution in [0.5, 0.6) is 0 Å². The van der Waals surface area contributed by atoms with Gasteiger partial charge in [0.1, 0.15) is 0 Å². The van der Waals surface area contributed by atoms with Crippen LogP contribution in [0, 0.1) is 5.92 Å². The Labute approximate surface area is 69.8 Å². The summed E-state index contributed by atoms with van der Waals surface area (Å²) in [6.45, 7) is 6.16. The largest absolute Gasteiger partial charge is 0.298 e. The lowest BCUT2D eigenvalue weighted by Crippen LogP contribution is -2.40. The van der Waals surface area contributed by atoms with Gasteiger partial charge in [-0.2, -0.15) is 0 Å². The van der Waals surface area contributed by atoms with E-state index in [0.29, 0.717) is 0 Å². The summed E-state index contributed by atoms with van der Waals surface area (Å²) in [4.78, 5) is 2.72. The van der Waals surface area contributed by atoms with E-state index in [1.54, 1.807) is 0 Å². The first-order valence-corrected chi connectivity index (χ1v) is 5.03. The smallest absolute Gasteiger partial charge is 0.0101 e. The van der Waals surface area contributed by atoms with Crippen LogP contribution in [0.4, 0.5) is 0 Å². The molecule has 2 aliphatic rings. The average Bonchev–Trinajstić information content (AvgIpc) is 2.32. The van der Waals surface area contributed by atoms with Gasteiger partial charge in [0.25, 0.3) is 0 Å². The highest BCUT2D eigenvalue weighted by molar-refractivity contribution is 4.89. The van der Waals surface area contributed by atoms with Crippen molar-refractivity contribution in [1.82, 2.24) is 4.90 Å². The van der Waals surface area contributed by atoms with Crippen LogP contribution in [0.2, 0.25) is 0 Å². The highest BCUT2D eigenvalue weighted by atomic mass is 15.2. The molecule has 0 spiro atoms. The van der Waals surface area contributed by atoms with E-state index in [1.807, 2.05) is 0 Å². The molecule has 0 aromatic heterocycles. The van der Waals surface area contributed by atoms with Crippen LogP contribution in [0.15, 0.2) is 0 Å². The fraction of sp³-hybridized carbons (Fsp3) is 1.00. The molecule has 2 fully saturated rings. The van der Waals surface area contributed by atoms with Gasteiger partial charge < -0.3 is 0 Å². The Morgan fingerprint density at radius 1 is 1.09 bits per heavy atom. The van der Waals surface area contributed by atoms with Gasteiger partial charge in [-0.05, 0) is 45.1 Å². The number of piperidine rings is 1. The van der Waals surface area contributed by atoms with Crippen LogP contribution in [0.3, 0.4) is 0 Å². The van der Waals surface area contributed by atoms with Crippen LogP contribution in [0.25, 0.3) is 0 Å². The molecule has 3 unspecified atom stereocenters. The summed E-state index contributed by atoms with van der Waals surface area (Å²) in [6, 6.07) is 1.83. The molecular formula is C10H19N. The van der Waals surface area contributed by atoms with Crippen LogP contribution in [-0.4, -0.2) is 23.5 Å². The van der Waals surface area contributed by atoms with Crippen molar-refractivity contribution in [1.29, 1.82) is 0 Å². The fourth-order valence-corrected chi connectivity index (χ4v) is 2.73. The van der Waals surface area contributed by atoms with Crippen molar-refractivity contribution in [3.63, 3.8) is 0 Å². The van der Waals surface area contributed by atoms with Crippen molar-refractivity contribution in [2.24, 2.45) is 5.92 Å². The van der Waals surface area contributed by atoms with E-state index in [-0.39, 0.29) is 0 Å². The molecule has 2 saturated heterocycles. The molecule has 1 heteroatoms. The van der Waals surface area contributed by atoms with Gasteiger partial charge in [0.15, 0.2) is 0 Å². The number of fused-ring (bicyclic) bond motifs is 1. The molecular weight excluding hydrogens is 134 g/mol. The lowest BCUT2D eigenvalue weighted by atomic mass is 9.93. The van der Waals surface area contributed by atoms with Gasteiger partial charge in [-0.15, -0.1) is 0 Å². The Balaban J connectivity index is 2.00. The lowest BCUT2D eigenvalue weighted by molar-refractivity contribution is 0.128. The number of hydrogen-bond acceptors (Lipinski definition) is 1. The van der Waals surface area contributed by atoms with Gasteiger partial charge in [-0.1, -0.05) is 6.92 Å². The summed E-state index contributed by atoms with van der Waals surface area (Å²) >= 11 is 0. The first-order valence-electron chi connectivity index (χ1n) is 5.03. The zero-order chi connectivity index (χ0) is 7.84. The van der Waals surface area contributed by atoms with E-state index in [4.69, 9.17) is 0 Å². The van der Waals surface area contributed by atoms with Gasteiger partial charge in [0, 0.05) is 12.1 Å². The number of hydrogen-bond donors (Lipinski definition) is 0. The third kappa shape index (κ3) is 1.31. The molecule has 2 aliphatic heterocycles. The third-order valence-electron chi connectivity index (χ3n) is 3.51. The van der Waals surface area contributed by atoms with E-state index in [1.165, 1.54) is 32.2 Å². The summed E-state index contributed by atoms with van der Waals surface area (Å²) in [6.07, 6.45) is 5.80. The molecule has 0 aromatic carbocycles. The van der Waals surface area contributed by atoms with Crippen LogP contribution in [-0.2, 0) is 0 Å². The molecule has 0 aromatic rings. The second kappa shape index (κ2) is 2.78. The third-order valence-corrected chi connectivity index (χ3v) is 3.51. The predicted molar refractivity (Wildman–Crippen MR) is 47.6 cm³/mol. The second-order valence-corrected chi connectivity index (χ2v) is 4.45. The van der Waals surface area contributed by atoms with Crippen molar-refractivity contribution in [3.05, 3.63) is 0 Å². The molecule has 0 bridgehead atoms. The molecule has 64 valence electrons. The van der Waals surface area contributed by atoms with E-state index < -0.39 is 0 Å². The molecule has 0 radical (unpaired) electrons. The molecule has 0 amide bonds.